The number of aliphatic imine (C=N–C) groups is 1. The Morgan fingerprint density at radius 2 is 1.94 bits per heavy atom. The van der Waals surface area contributed by atoms with Crippen LogP contribution in [0, 0.1) is 5.92 Å². The number of rotatable bonds is 3. The minimum atomic E-state index is -0.885. The molecule has 1 aromatic carbocycles. The quantitative estimate of drug-likeness (QED) is 0.522. The molecule has 2 aliphatic heterocycles. The lowest BCUT2D eigenvalue weighted by Crippen LogP contribution is -2.31. The third kappa shape index (κ3) is 2.76. The van der Waals surface area contributed by atoms with E-state index >= 15 is 0 Å². The second kappa shape index (κ2) is 6.78. The molecule has 3 aromatic heterocycles. The third-order valence-electron chi connectivity index (χ3n) is 5.86. The largest absolute Gasteiger partial charge is 0.462 e. The summed E-state index contributed by atoms with van der Waals surface area (Å²) in [6.07, 6.45) is 7.58. The van der Waals surface area contributed by atoms with E-state index in [0.717, 1.165) is 45.4 Å². The number of aromatic nitrogens is 3. The highest BCUT2D eigenvalue weighted by Crippen LogP contribution is 2.53. The summed E-state index contributed by atoms with van der Waals surface area (Å²) < 4.78 is 18.1. The predicted octanol–water partition coefficient (Wildman–Crippen LogP) is 4.18. The molecule has 6 rings (SSSR count). The first-order valence-corrected chi connectivity index (χ1v) is 10.5. The Balaban J connectivity index is 1.60. The van der Waals surface area contributed by atoms with Gasteiger partial charge in [0.2, 0.25) is 5.88 Å². The average molecular weight is 427 g/mol. The lowest BCUT2D eigenvalue weighted by atomic mass is 9.80. The van der Waals surface area contributed by atoms with Gasteiger partial charge in [0.25, 0.3) is 6.02 Å². The summed E-state index contributed by atoms with van der Waals surface area (Å²) >= 11 is 0. The molecule has 5 heterocycles. The van der Waals surface area contributed by atoms with Crippen molar-refractivity contribution in [2.24, 2.45) is 16.6 Å². The summed E-state index contributed by atoms with van der Waals surface area (Å²) in [5.74, 6) is 2.55. The Labute approximate surface area is 184 Å². The molecule has 160 valence electrons. The molecule has 2 N–H and O–H groups in total. The zero-order valence-electron chi connectivity index (χ0n) is 17.7. The Bertz CT molecular complexity index is 1380. The lowest BCUT2D eigenvalue weighted by molar-refractivity contribution is 0.263. The molecule has 2 aliphatic rings. The molecule has 8 nitrogen and oxygen atoms in total. The third-order valence-corrected chi connectivity index (χ3v) is 5.86. The van der Waals surface area contributed by atoms with Crippen LogP contribution in [0.5, 0.6) is 11.6 Å². The monoisotopic (exact) mass is 427 g/mol. The second-order valence-electron chi connectivity index (χ2n) is 8.57. The first-order chi connectivity index (χ1) is 15.5. The molecular formula is C24H21N5O3. The van der Waals surface area contributed by atoms with Crippen molar-refractivity contribution < 1.29 is 13.9 Å². The molecule has 1 spiro atoms. The first kappa shape index (κ1) is 18.8. The second-order valence-corrected chi connectivity index (χ2v) is 8.57. The van der Waals surface area contributed by atoms with Gasteiger partial charge in [-0.05, 0) is 30.2 Å². The van der Waals surface area contributed by atoms with Gasteiger partial charge in [0, 0.05) is 47.1 Å². The fourth-order valence-electron chi connectivity index (χ4n) is 4.53. The van der Waals surface area contributed by atoms with Crippen LogP contribution in [-0.4, -0.2) is 27.6 Å². The molecule has 0 saturated heterocycles. The summed E-state index contributed by atoms with van der Waals surface area (Å²) in [4.78, 5) is 17.6. The van der Waals surface area contributed by atoms with E-state index in [1.165, 1.54) is 6.33 Å². The number of furan rings is 1. The van der Waals surface area contributed by atoms with Crippen LogP contribution >= 0.6 is 0 Å². The number of nitrogens with zero attached hydrogens (tertiary/aromatic N) is 4. The van der Waals surface area contributed by atoms with E-state index in [1.807, 2.05) is 18.2 Å². The van der Waals surface area contributed by atoms with Gasteiger partial charge in [0.15, 0.2) is 5.54 Å². The van der Waals surface area contributed by atoms with Gasteiger partial charge in [-0.15, -0.1) is 0 Å². The van der Waals surface area contributed by atoms with Gasteiger partial charge in [0.05, 0.1) is 5.56 Å². The Hall–Kier alpha value is -3.94. The van der Waals surface area contributed by atoms with Gasteiger partial charge in [-0.3, -0.25) is 0 Å². The number of amidine groups is 1. The number of nitrogens with two attached hydrogens (primary N) is 1. The van der Waals surface area contributed by atoms with Gasteiger partial charge in [0.1, 0.15) is 30.0 Å². The van der Waals surface area contributed by atoms with E-state index in [9.17, 15) is 0 Å². The van der Waals surface area contributed by atoms with Gasteiger partial charge in [-0.2, -0.15) is 0 Å². The number of pyridine rings is 1. The molecule has 4 aromatic rings. The Morgan fingerprint density at radius 3 is 2.69 bits per heavy atom. The van der Waals surface area contributed by atoms with E-state index in [-0.39, 0.29) is 12.6 Å². The standard InChI is InChI=1S/C24H21N5O3/c1-13(2)5-16-7-17-19(31-16)3-4-20-21(17)24(11-30-23(25)29-24)18-6-14(10-28-22(18)32-20)15-8-26-12-27-9-15/h3-4,6-10,12-13H,5,11H2,1-2H3,(H2,25,29)/t24-/m1/s1. The maximum atomic E-state index is 6.24. The van der Waals surface area contributed by atoms with Crippen LogP contribution in [0.1, 0.15) is 30.7 Å². The van der Waals surface area contributed by atoms with Crippen molar-refractivity contribution in [2.75, 3.05) is 6.61 Å². The van der Waals surface area contributed by atoms with Crippen LogP contribution in [0.25, 0.3) is 22.1 Å². The molecule has 0 unspecified atom stereocenters. The van der Waals surface area contributed by atoms with Crippen LogP contribution in [0.15, 0.2) is 58.6 Å². The summed E-state index contributed by atoms with van der Waals surface area (Å²) in [5.41, 5.74) is 9.31. The van der Waals surface area contributed by atoms with Crippen LogP contribution < -0.4 is 10.5 Å². The predicted molar refractivity (Wildman–Crippen MR) is 118 cm³/mol. The molecule has 0 bridgehead atoms. The molecule has 0 radical (unpaired) electrons. The molecular weight excluding hydrogens is 406 g/mol. The fourth-order valence-corrected chi connectivity index (χ4v) is 4.53. The highest BCUT2D eigenvalue weighted by Gasteiger charge is 2.49. The van der Waals surface area contributed by atoms with E-state index in [2.05, 4.69) is 34.9 Å². The number of ether oxygens (including phenoxy) is 2. The minimum Gasteiger partial charge on any atom is -0.462 e. The summed E-state index contributed by atoms with van der Waals surface area (Å²) in [5, 5.41) is 0.944. The summed E-state index contributed by atoms with van der Waals surface area (Å²) in [6.45, 7) is 4.59. The maximum Gasteiger partial charge on any atom is 0.283 e. The van der Waals surface area contributed by atoms with Crippen molar-refractivity contribution in [3.63, 3.8) is 0 Å². The summed E-state index contributed by atoms with van der Waals surface area (Å²) in [6, 6.07) is 8.05. The Kier molecular flexibility index (Phi) is 3.98. The average Bonchev–Trinajstić information content (AvgIpc) is 3.37. The topological polar surface area (TPSA) is 109 Å². The smallest absolute Gasteiger partial charge is 0.283 e. The van der Waals surface area contributed by atoms with Gasteiger partial charge in [-0.1, -0.05) is 13.8 Å². The number of hydrogen-bond acceptors (Lipinski definition) is 8. The molecule has 0 aliphatic carbocycles. The zero-order chi connectivity index (χ0) is 21.9. The van der Waals surface area contributed by atoms with Gasteiger partial charge in [-0.25, -0.2) is 19.9 Å². The number of benzene rings is 1. The Morgan fingerprint density at radius 1 is 1.09 bits per heavy atom. The first-order valence-electron chi connectivity index (χ1n) is 10.5. The number of hydrogen-bond donors (Lipinski definition) is 1. The van der Waals surface area contributed by atoms with Crippen molar-refractivity contribution in [1.29, 1.82) is 0 Å². The van der Waals surface area contributed by atoms with E-state index in [1.54, 1.807) is 18.6 Å². The molecule has 8 heteroatoms. The van der Waals surface area contributed by atoms with Crippen LogP contribution in [0.4, 0.5) is 0 Å². The van der Waals surface area contributed by atoms with E-state index in [0.29, 0.717) is 17.5 Å². The molecule has 0 fully saturated rings. The van der Waals surface area contributed by atoms with Crippen LogP contribution in [0.3, 0.4) is 0 Å². The van der Waals surface area contributed by atoms with Gasteiger partial charge < -0.3 is 19.6 Å². The lowest BCUT2D eigenvalue weighted by Gasteiger charge is -2.33. The van der Waals surface area contributed by atoms with Crippen molar-refractivity contribution in [2.45, 2.75) is 25.8 Å². The van der Waals surface area contributed by atoms with Crippen LogP contribution in [0.2, 0.25) is 0 Å². The molecule has 1 atom stereocenters. The van der Waals surface area contributed by atoms with E-state index in [4.69, 9.17) is 24.6 Å². The van der Waals surface area contributed by atoms with Crippen LogP contribution in [-0.2, 0) is 16.7 Å². The minimum absolute atomic E-state index is 0.139. The van der Waals surface area contributed by atoms with Crippen molar-refractivity contribution >= 4 is 17.0 Å². The fraction of sp³-hybridized carbons (Fsp3) is 0.250. The highest BCUT2D eigenvalue weighted by molar-refractivity contribution is 5.89. The SMILES string of the molecule is CC(C)Cc1cc2c3c(ccc2o1)Oc1ncc(-c2cncnc2)cc1[C@]31COC(N)=N1. The van der Waals surface area contributed by atoms with Gasteiger partial charge >= 0.3 is 0 Å². The van der Waals surface area contributed by atoms with Crippen molar-refractivity contribution in [3.8, 4) is 22.8 Å². The molecule has 32 heavy (non-hydrogen) atoms. The highest BCUT2D eigenvalue weighted by atomic mass is 16.5. The number of fused-ring (bicyclic) bond motifs is 6. The van der Waals surface area contributed by atoms with E-state index < -0.39 is 5.54 Å². The molecule has 0 amide bonds. The maximum absolute atomic E-state index is 6.24. The zero-order valence-corrected chi connectivity index (χ0v) is 17.7. The van der Waals surface area contributed by atoms with Crippen molar-refractivity contribution in [1.82, 2.24) is 15.0 Å². The normalized spacial score (nSPS) is 18.9. The summed E-state index contributed by atoms with van der Waals surface area (Å²) in [7, 11) is 0. The van der Waals surface area contributed by atoms with Crippen molar-refractivity contribution in [3.05, 3.63) is 66.1 Å². The molecule has 0 saturated carbocycles.